The van der Waals surface area contributed by atoms with Crippen molar-refractivity contribution in [1.29, 1.82) is 0 Å². The van der Waals surface area contributed by atoms with Crippen molar-refractivity contribution in [3.63, 3.8) is 0 Å². The predicted octanol–water partition coefficient (Wildman–Crippen LogP) is 15.4. The van der Waals surface area contributed by atoms with Crippen LogP contribution in [0, 0.1) is 0 Å². The Labute approximate surface area is 410 Å². The Hall–Kier alpha value is -3.62. The Morgan fingerprint density at radius 3 is 1.31 bits per heavy atom. The molecule has 0 aliphatic heterocycles. The normalized spacial score (nSPS) is 15.3. The molecule has 0 fully saturated rings. The second kappa shape index (κ2) is 47.4. The number of unbranched alkanes of at least 4 members (excludes halogenated alkanes) is 9. The topological polar surface area (TPSA) is 105 Å². The van der Waals surface area contributed by atoms with Crippen LogP contribution in [0.2, 0.25) is 0 Å². The molecule has 0 radical (unpaired) electrons. The maximum Gasteiger partial charge on any atom is 0.472 e. The molecule has 0 rings (SSSR count). The van der Waals surface area contributed by atoms with Crippen molar-refractivity contribution >= 4 is 13.7 Å². The monoisotopic (exact) mass is 948 g/mol. The van der Waals surface area contributed by atoms with E-state index >= 15 is 0 Å². The summed E-state index contributed by atoms with van der Waals surface area (Å²) in [6.45, 7) is 4.50. The maximum absolute atomic E-state index is 12.9. The molecule has 0 saturated carbocycles. The number of allylic oxidation sites excluding steroid dienone is 23. The number of aliphatic hydroxyl groups excluding tert-OH is 1. The first-order valence-electron chi connectivity index (χ1n) is 25.7. The number of carbonyl (C=O) groups excluding carboxylic acids is 1. The number of hydrogen-bond donors (Lipinski definition) is 3. The van der Waals surface area contributed by atoms with Gasteiger partial charge in [-0.15, -0.1) is 0 Å². The molecule has 3 N–H and O–H groups in total. The van der Waals surface area contributed by atoms with E-state index in [4.69, 9.17) is 9.05 Å². The zero-order chi connectivity index (χ0) is 49.2. The molecule has 0 aliphatic carbocycles. The van der Waals surface area contributed by atoms with Crippen LogP contribution in [-0.2, 0) is 18.4 Å². The van der Waals surface area contributed by atoms with E-state index in [0.29, 0.717) is 17.4 Å². The molecule has 0 saturated heterocycles. The summed E-state index contributed by atoms with van der Waals surface area (Å²) < 4.78 is 23.5. The Morgan fingerprint density at radius 2 is 0.866 bits per heavy atom. The van der Waals surface area contributed by atoms with Gasteiger partial charge < -0.3 is 19.8 Å². The molecule has 378 valence electrons. The molecular formula is C58H96N2O6P+. The molecule has 0 aromatic carbocycles. The van der Waals surface area contributed by atoms with Crippen LogP contribution in [0.3, 0.4) is 0 Å². The Kier molecular flexibility index (Phi) is 44.9. The van der Waals surface area contributed by atoms with Gasteiger partial charge in [-0.3, -0.25) is 13.8 Å². The average molecular weight is 948 g/mol. The van der Waals surface area contributed by atoms with E-state index < -0.39 is 20.0 Å². The number of likely N-dealkylation sites (N-methyl/N-ethyl adjacent to an activating group) is 1. The first-order chi connectivity index (χ1) is 32.5. The number of phosphoric ester groups is 1. The fourth-order valence-corrected chi connectivity index (χ4v) is 7.04. The third kappa shape index (κ3) is 50.1. The van der Waals surface area contributed by atoms with Crippen LogP contribution in [0.25, 0.3) is 0 Å². The third-order valence-corrected chi connectivity index (χ3v) is 11.3. The molecule has 3 unspecified atom stereocenters. The van der Waals surface area contributed by atoms with Crippen LogP contribution in [-0.4, -0.2) is 73.4 Å². The summed E-state index contributed by atoms with van der Waals surface area (Å²) in [4.78, 5) is 23.1. The van der Waals surface area contributed by atoms with Gasteiger partial charge in [-0.25, -0.2) is 4.57 Å². The number of nitrogens with one attached hydrogen (secondary N) is 1. The zero-order valence-electron chi connectivity index (χ0n) is 42.8. The minimum Gasteiger partial charge on any atom is -0.387 e. The lowest BCUT2D eigenvalue weighted by atomic mass is 10.1. The van der Waals surface area contributed by atoms with E-state index in [0.717, 1.165) is 122 Å². The molecule has 3 atom stereocenters. The van der Waals surface area contributed by atoms with Crippen molar-refractivity contribution in [1.82, 2.24) is 5.32 Å². The van der Waals surface area contributed by atoms with E-state index in [1.807, 2.05) is 27.2 Å². The van der Waals surface area contributed by atoms with Crippen LogP contribution in [0.4, 0.5) is 0 Å². The molecular weight excluding hydrogens is 852 g/mol. The standard InChI is InChI=1S/C58H95N2O6P/c1-6-8-10-12-14-16-18-19-20-21-22-23-24-25-26-27-28-29-30-31-32-33-34-35-36-37-38-39-40-41-42-44-46-48-50-52-58(62)59-56(55-66-67(63,64)65-54-53-60(3,4)5)57(61)51-49-47-45-43-17-15-13-11-9-7-2/h8-11,14,16-17,19-20,22-23,25-26,28-29,31-32,34-35,37-38,43,49,51,56-57,61H,6-7,12-13,15,18,21,24,27,30,33,36,39-42,44-48,50,52-55H2,1-5H3,(H-,59,62,63,64)/p+1/b10-8-,11-9+,16-14-,20-19-,23-22-,26-25-,29-28-,32-31-,35-34-,38-37-,43-17+,51-49+. The van der Waals surface area contributed by atoms with Crippen LogP contribution in [0.1, 0.15) is 162 Å². The van der Waals surface area contributed by atoms with Gasteiger partial charge >= 0.3 is 7.82 Å². The lowest BCUT2D eigenvalue weighted by Crippen LogP contribution is -2.45. The second-order valence-electron chi connectivity index (χ2n) is 17.8. The van der Waals surface area contributed by atoms with Crippen molar-refractivity contribution in [2.45, 2.75) is 174 Å². The molecule has 0 heterocycles. The number of phosphoric acid groups is 1. The van der Waals surface area contributed by atoms with Gasteiger partial charge in [0.2, 0.25) is 5.91 Å². The van der Waals surface area contributed by atoms with Gasteiger partial charge in [0, 0.05) is 6.42 Å². The lowest BCUT2D eigenvalue weighted by Gasteiger charge is -2.25. The highest BCUT2D eigenvalue weighted by atomic mass is 31.2. The highest BCUT2D eigenvalue weighted by Gasteiger charge is 2.27. The summed E-state index contributed by atoms with van der Waals surface area (Å²) in [7, 11) is 1.51. The Morgan fingerprint density at radius 1 is 0.507 bits per heavy atom. The van der Waals surface area contributed by atoms with Gasteiger partial charge in [0.1, 0.15) is 13.2 Å². The van der Waals surface area contributed by atoms with Gasteiger partial charge in [0.05, 0.1) is 39.9 Å². The Balaban J connectivity index is 4.19. The first kappa shape index (κ1) is 63.4. The first-order valence-corrected chi connectivity index (χ1v) is 27.2. The molecule has 0 aromatic heterocycles. The van der Waals surface area contributed by atoms with Crippen molar-refractivity contribution in [3.05, 3.63) is 146 Å². The largest absolute Gasteiger partial charge is 0.472 e. The van der Waals surface area contributed by atoms with Crippen LogP contribution in [0.5, 0.6) is 0 Å². The van der Waals surface area contributed by atoms with E-state index in [-0.39, 0.29) is 19.1 Å². The molecule has 0 aliphatic rings. The molecule has 1 amide bonds. The number of hydrogen-bond acceptors (Lipinski definition) is 5. The number of amides is 1. The highest BCUT2D eigenvalue weighted by molar-refractivity contribution is 7.47. The minimum atomic E-state index is -4.36. The van der Waals surface area contributed by atoms with Gasteiger partial charge in [-0.05, 0) is 109 Å². The molecule has 67 heavy (non-hydrogen) atoms. The van der Waals surface area contributed by atoms with Crippen molar-refractivity contribution < 1.29 is 32.9 Å². The number of aliphatic hydroxyl groups is 1. The van der Waals surface area contributed by atoms with E-state index in [1.54, 1.807) is 6.08 Å². The number of rotatable bonds is 44. The minimum absolute atomic E-state index is 0.0425. The summed E-state index contributed by atoms with van der Waals surface area (Å²) in [6.07, 6.45) is 73.8. The summed E-state index contributed by atoms with van der Waals surface area (Å²) in [5.74, 6) is -0.213. The fraction of sp³-hybridized carbons (Fsp3) is 0.569. The zero-order valence-corrected chi connectivity index (χ0v) is 43.7. The SMILES string of the molecule is CC/C=C\C/C=C\C/C=C\C/C=C\C/C=C\C/C=C\C/C=C\C/C=C\C/C=C\CCCCCCCCCC(=O)NC(COP(=O)(O)OCC[N+](C)(C)C)C(O)/C=C/CC/C=C/CC/C=C/CC. The highest BCUT2D eigenvalue weighted by Crippen LogP contribution is 2.43. The fourth-order valence-electron chi connectivity index (χ4n) is 6.31. The third-order valence-electron chi connectivity index (χ3n) is 10.3. The molecule has 9 heteroatoms. The van der Waals surface area contributed by atoms with Crippen molar-refractivity contribution in [2.75, 3.05) is 40.9 Å². The van der Waals surface area contributed by atoms with Gasteiger partial charge in [0.15, 0.2) is 0 Å². The molecule has 8 nitrogen and oxygen atoms in total. The average Bonchev–Trinajstić information content (AvgIpc) is 3.29. The van der Waals surface area contributed by atoms with Gasteiger partial charge in [-0.1, -0.05) is 192 Å². The van der Waals surface area contributed by atoms with Crippen molar-refractivity contribution in [2.24, 2.45) is 0 Å². The van der Waals surface area contributed by atoms with E-state index in [1.165, 1.54) is 19.3 Å². The maximum atomic E-state index is 12.9. The smallest absolute Gasteiger partial charge is 0.387 e. The molecule has 0 aromatic rings. The molecule has 0 spiro atoms. The number of quaternary nitrogens is 1. The molecule has 0 bridgehead atoms. The van der Waals surface area contributed by atoms with E-state index in [2.05, 4.69) is 153 Å². The van der Waals surface area contributed by atoms with Crippen molar-refractivity contribution in [3.8, 4) is 0 Å². The quantitative estimate of drug-likeness (QED) is 0.0243. The van der Waals surface area contributed by atoms with Gasteiger partial charge in [0.25, 0.3) is 0 Å². The number of carbonyl (C=O) groups is 1. The summed E-state index contributed by atoms with van der Waals surface area (Å²) in [5.41, 5.74) is 0. The Bertz CT molecular complexity index is 1590. The lowest BCUT2D eigenvalue weighted by molar-refractivity contribution is -0.870. The van der Waals surface area contributed by atoms with E-state index in [9.17, 15) is 19.4 Å². The van der Waals surface area contributed by atoms with Crippen LogP contribution in [0.15, 0.2) is 146 Å². The second-order valence-corrected chi connectivity index (χ2v) is 19.2. The predicted molar refractivity (Wildman–Crippen MR) is 290 cm³/mol. The summed E-state index contributed by atoms with van der Waals surface area (Å²) >= 11 is 0. The van der Waals surface area contributed by atoms with Crippen LogP contribution >= 0.6 is 7.82 Å². The summed E-state index contributed by atoms with van der Waals surface area (Å²) in [6, 6.07) is -0.885. The number of nitrogens with zero attached hydrogens (tertiary/aromatic N) is 1. The van der Waals surface area contributed by atoms with Gasteiger partial charge in [-0.2, -0.15) is 0 Å². The summed E-state index contributed by atoms with van der Waals surface area (Å²) in [5, 5.41) is 13.8. The van der Waals surface area contributed by atoms with Crippen LogP contribution < -0.4 is 5.32 Å².